The minimum Gasteiger partial charge on any atom is -0.497 e. The van der Waals surface area contributed by atoms with Gasteiger partial charge in [-0.15, -0.1) is 23.2 Å². The van der Waals surface area contributed by atoms with Crippen molar-refractivity contribution < 1.29 is 64.3 Å². The molecule has 4 saturated carbocycles. The number of aliphatic hydroxyl groups excluding tert-OH is 2. The second-order valence-corrected chi connectivity index (χ2v) is 30.4. The van der Waals surface area contributed by atoms with E-state index in [4.69, 9.17) is 42.1 Å². The molecule has 0 bridgehead atoms. The summed E-state index contributed by atoms with van der Waals surface area (Å²) in [6.07, 6.45) is 12.7. The Kier molecular flexibility index (Phi) is 25.0. The Hall–Kier alpha value is -7.10. The summed E-state index contributed by atoms with van der Waals surface area (Å²) in [7, 11) is 6.12. The largest absolute Gasteiger partial charge is 0.497 e. The summed E-state index contributed by atoms with van der Waals surface area (Å²) in [6, 6.07) is 30.8. The van der Waals surface area contributed by atoms with E-state index in [1.165, 1.54) is 77.0 Å². The first-order valence-corrected chi connectivity index (χ1v) is 35.5. The molecule has 4 fully saturated rings. The molecule has 0 saturated heterocycles. The zero-order valence-corrected chi connectivity index (χ0v) is 61.0. The molecule has 6 nitrogen and oxygen atoms in total. The highest BCUT2D eigenvalue weighted by Crippen LogP contribution is 2.56. The first-order valence-electron chi connectivity index (χ1n) is 34.5. The number of halogens is 10. The van der Waals surface area contributed by atoms with Gasteiger partial charge in [0.2, 0.25) is 0 Å². The average molecular weight is 1420 g/mol. The first kappa shape index (κ1) is 77.1. The first-order chi connectivity index (χ1) is 47.5. The van der Waals surface area contributed by atoms with Crippen molar-refractivity contribution in [3.05, 3.63) is 212 Å². The maximum absolute atomic E-state index is 14.6. The van der Waals surface area contributed by atoms with E-state index in [1.807, 2.05) is 12.1 Å². The maximum atomic E-state index is 14.6. The van der Waals surface area contributed by atoms with E-state index in [0.717, 1.165) is 99.3 Å². The SMILES string of the molecule is COc1ccc(F)c(-c2cc(F)c(CCl)cc2C2CCCC2(C)C)c1.COc1ccc(F)c(-c2cc(F)c(CCl)cc2[C@@H]2CCCC2(C)C)c1.COc1ccc(F)c(-c2cc(F)c(CO)cc2C2CCCC2(C)C)c1.COc1ccc(F)c(-c2cc(F)c(CO)cc2[C@@H]2CCCC2(C)C)c1. The molecule has 2 unspecified atom stereocenters. The Bertz CT molecular complexity index is 3670. The fourth-order valence-corrected chi connectivity index (χ4v) is 16.5. The van der Waals surface area contributed by atoms with Gasteiger partial charge in [0.25, 0.3) is 0 Å². The molecule has 0 aromatic heterocycles. The molecule has 4 aliphatic carbocycles. The Morgan fingerprint density at radius 2 is 0.520 bits per heavy atom. The molecule has 4 aliphatic rings. The van der Waals surface area contributed by atoms with E-state index in [-0.39, 0.29) is 93.1 Å². The van der Waals surface area contributed by atoms with E-state index >= 15 is 0 Å². The van der Waals surface area contributed by atoms with Gasteiger partial charge in [-0.25, -0.2) is 35.1 Å². The number of methoxy groups -OCH3 is 4. The lowest BCUT2D eigenvalue weighted by atomic mass is 9.75. The fourth-order valence-electron chi connectivity index (χ4n) is 16.0. The molecule has 8 aromatic rings. The van der Waals surface area contributed by atoms with E-state index in [1.54, 1.807) is 60.7 Å². The van der Waals surface area contributed by atoms with Crippen molar-refractivity contribution in [3.8, 4) is 67.5 Å². The number of aliphatic hydroxyl groups is 2. The van der Waals surface area contributed by atoms with Crippen molar-refractivity contribution in [2.45, 2.75) is 181 Å². The second kappa shape index (κ2) is 32.5. The number of hydrogen-bond acceptors (Lipinski definition) is 6. The minimum absolute atomic E-state index is 0.0502. The highest BCUT2D eigenvalue weighted by Gasteiger charge is 2.41. The number of rotatable bonds is 16. The number of hydrogen-bond donors (Lipinski definition) is 2. The monoisotopic (exact) mass is 1420 g/mol. The molecule has 0 amide bonds. The number of alkyl halides is 2. The lowest BCUT2D eigenvalue weighted by molar-refractivity contribution is 0.274. The molecule has 2 N–H and O–H groups in total. The summed E-state index contributed by atoms with van der Waals surface area (Å²) in [5.41, 5.74) is 9.18. The molecule has 100 heavy (non-hydrogen) atoms. The molecule has 0 spiro atoms. The van der Waals surface area contributed by atoms with Crippen LogP contribution >= 0.6 is 23.2 Å². The third-order valence-electron chi connectivity index (χ3n) is 21.9. The average Bonchev–Trinajstić information content (AvgIpc) is 1.11. The Morgan fingerprint density at radius 3 is 0.700 bits per heavy atom. The van der Waals surface area contributed by atoms with Crippen LogP contribution in [0.1, 0.15) is 201 Å². The van der Waals surface area contributed by atoms with Crippen molar-refractivity contribution in [1.29, 1.82) is 0 Å². The van der Waals surface area contributed by atoms with E-state index in [2.05, 4.69) is 55.4 Å². The maximum Gasteiger partial charge on any atom is 0.131 e. The zero-order valence-electron chi connectivity index (χ0n) is 59.5. The van der Waals surface area contributed by atoms with Gasteiger partial charge in [-0.1, -0.05) is 93.2 Å². The van der Waals surface area contributed by atoms with Gasteiger partial charge in [0.15, 0.2) is 0 Å². The zero-order chi connectivity index (χ0) is 72.8. The van der Waals surface area contributed by atoms with Gasteiger partial charge in [0, 0.05) is 44.5 Å². The van der Waals surface area contributed by atoms with Gasteiger partial charge in [0.05, 0.1) is 53.4 Å². The van der Waals surface area contributed by atoms with Crippen molar-refractivity contribution in [2.75, 3.05) is 28.4 Å². The van der Waals surface area contributed by atoms with Crippen LogP contribution in [0.4, 0.5) is 35.1 Å². The number of ether oxygens (including phenoxy) is 4. The van der Waals surface area contributed by atoms with Gasteiger partial charge in [0.1, 0.15) is 69.5 Å². The molecular formula is C84H94Cl2F8O6. The van der Waals surface area contributed by atoms with Crippen LogP contribution in [0, 0.1) is 68.2 Å². The Balaban J connectivity index is 0.000000156. The summed E-state index contributed by atoms with van der Waals surface area (Å²) in [4.78, 5) is 0. The van der Waals surface area contributed by atoms with E-state index in [9.17, 15) is 45.3 Å². The molecule has 16 heteroatoms. The van der Waals surface area contributed by atoms with Gasteiger partial charge < -0.3 is 29.2 Å². The molecular weight excluding hydrogens is 1330 g/mol. The minimum atomic E-state index is -0.515. The molecule has 8 aromatic carbocycles. The highest BCUT2D eigenvalue weighted by atomic mass is 35.5. The second-order valence-electron chi connectivity index (χ2n) is 29.8. The van der Waals surface area contributed by atoms with Gasteiger partial charge in [-0.2, -0.15) is 0 Å². The molecule has 536 valence electrons. The highest BCUT2D eigenvalue weighted by molar-refractivity contribution is 6.17. The fraction of sp³-hybridized carbons (Fsp3) is 0.429. The third kappa shape index (κ3) is 16.8. The lowest BCUT2D eigenvalue weighted by Gasteiger charge is -2.30. The van der Waals surface area contributed by atoms with Crippen molar-refractivity contribution in [1.82, 2.24) is 0 Å². The molecule has 0 heterocycles. The predicted octanol–water partition coefficient (Wildman–Crippen LogP) is 24.2. The smallest absolute Gasteiger partial charge is 0.131 e. The predicted molar refractivity (Wildman–Crippen MR) is 386 cm³/mol. The molecule has 12 rings (SSSR count). The Labute approximate surface area is 595 Å². The van der Waals surface area contributed by atoms with Crippen LogP contribution in [0.25, 0.3) is 44.5 Å². The van der Waals surface area contributed by atoms with E-state index < -0.39 is 34.9 Å². The van der Waals surface area contributed by atoms with Gasteiger partial charge in [-0.05, 0) is 250 Å². The van der Waals surface area contributed by atoms with Crippen LogP contribution in [0.5, 0.6) is 23.0 Å². The standard InChI is InChI=1S/2C21H23ClF2O.2C21H24F2O2/c2*1-21(2)8-4-5-18(21)16-9-13(12-22)20(24)11-15(16)17-10-14(25-3)6-7-19(17)23;2*1-21(2)8-4-5-18(21)16-9-13(12-24)20(23)11-15(16)17-10-14(25-3)6-7-19(17)22/h2*6-7,9-11,18H,4-5,8,12H2,1-3H3;2*6-7,9-11,18,24H,4-5,8,12H2,1-3H3/t18-;;18-;/m0.0./s1. The lowest BCUT2D eigenvalue weighted by Crippen LogP contribution is -2.17. The van der Waals surface area contributed by atoms with Crippen LogP contribution in [-0.2, 0) is 25.0 Å². The van der Waals surface area contributed by atoms with Crippen molar-refractivity contribution in [3.63, 3.8) is 0 Å². The summed E-state index contributed by atoms with van der Waals surface area (Å²) >= 11 is 11.9. The molecule has 0 radical (unpaired) electrons. The van der Waals surface area contributed by atoms with Gasteiger partial charge >= 0.3 is 0 Å². The summed E-state index contributed by atoms with van der Waals surface area (Å²) in [5, 5.41) is 19.0. The van der Waals surface area contributed by atoms with Crippen LogP contribution in [0.3, 0.4) is 0 Å². The topological polar surface area (TPSA) is 77.4 Å². The van der Waals surface area contributed by atoms with Crippen LogP contribution in [0.15, 0.2) is 121 Å². The van der Waals surface area contributed by atoms with Crippen LogP contribution in [0.2, 0.25) is 0 Å². The Morgan fingerprint density at radius 1 is 0.310 bits per heavy atom. The quantitative estimate of drug-likeness (QED) is 0.0741. The number of benzene rings is 8. The molecule has 4 atom stereocenters. The van der Waals surface area contributed by atoms with Gasteiger partial charge in [-0.3, -0.25) is 0 Å². The third-order valence-corrected chi connectivity index (χ3v) is 22.5. The van der Waals surface area contributed by atoms with Crippen LogP contribution < -0.4 is 18.9 Å². The summed E-state index contributed by atoms with van der Waals surface area (Å²) < 4.78 is 137. The van der Waals surface area contributed by atoms with E-state index in [0.29, 0.717) is 78.6 Å². The summed E-state index contributed by atoms with van der Waals surface area (Å²) in [5.74, 6) is -0.153. The van der Waals surface area contributed by atoms with Crippen molar-refractivity contribution in [2.24, 2.45) is 21.7 Å². The summed E-state index contributed by atoms with van der Waals surface area (Å²) in [6.45, 7) is 16.9. The normalized spacial score (nSPS) is 19.2. The van der Waals surface area contributed by atoms with Crippen LogP contribution in [-0.4, -0.2) is 38.7 Å². The molecule has 0 aliphatic heterocycles. The van der Waals surface area contributed by atoms with Crippen molar-refractivity contribution >= 4 is 23.2 Å².